The molecule has 0 bridgehead atoms. The number of likely N-dealkylation sites (tertiary alicyclic amines) is 1. The zero-order valence-corrected chi connectivity index (χ0v) is 18.6. The smallest absolute Gasteiger partial charge is 0.410 e. The number of nitrogens with zero attached hydrogens (tertiary/aromatic N) is 2. The second-order valence-corrected chi connectivity index (χ2v) is 9.57. The topological polar surface area (TPSA) is 116 Å². The first-order valence-electron chi connectivity index (χ1n) is 9.28. The minimum Gasteiger partial charge on any atom is -0.452 e. The molecule has 1 aliphatic heterocycles. The van der Waals surface area contributed by atoms with Gasteiger partial charge in [-0.1, -0.05) is 11.8 Å². The largest absolute Gasteiger partial charge is 0.452 e. The molecule has 2 rings (SSSR count). The third-order valence-corrected chi connectivity index (χ3v) is 6.46. The number of ether oxygens (including phenoxy) is 2. The molecule has 0 aliphatic carbocycles. The molecule has 1 fully saturated rings. The molecule has 11 heteroatoms. The van der Waals surface area contributed by atoms with Crippen molar-refractivity contribution in [3.63, 3.8) is 0 Å². The molecule has 9 nitrogen and oxygen atoms in total. The van der Waals surface area contributed by atoms with E-state index in [2.05, 4.69) is 0 Å². The standard InChI is InChI=1S/C19H24N2O7S2/c1-12(22)28-14(3)29-11-17-8-18(30-13(2)23)9-20(17)19(24)27-10-15-4-6-16(7-5-15)21(25)26/h4-7,14,17-18H,8-11H2,1-3H3/t14?,17-,18-/m0/s1. The maximum atomic E-state index is 12.7. The number of esters is 1. The third kappa shape index (κ3) is 7.52. The van der Waals surface area contributed by atoms with Crippen LogP contribution in [0.15, 0.2) is 24.3 Å². The van der Waals surface area contributed by atoms with Crippen LogP contribution in [0.4, 0.5) is 10.5 Å². The molecule has 0 aromatic heterocycles. The number of carbonyl (C=O) groups is 3. The summed E-state index contributed by atoms with van der Waals surface area (Å²) < 4.78 is 10.5. The van der Waals surface area contributed by atoms with Crippen LogP contribution in [0.5, 0.6) is 0 Å². The Bertz CT molecular complexity index is 788. The van der Waals surface area contributed by atoms with Crippen LogP contribution in [0.25, 0.3) is 0 Å². The molecule has 1 aliphatic rings. The number of nitro groups is 1. The summed E-state index contributed by atoms with van der Waals surface area (Å²) in [6.45, 7) is 4.97. The molecule has 30 heavy (non-hydrogen) atoms. The maximum absolute atomic E-state index is 12.7. The summed E-state index contributed by atoms with van der Waals surface area (Å²) in [5, 5.41) is 10.7. The van der Waals surface area contributed by atoms with E-state index in [1.807, 2.05) is 0 Å². The van der Waals surface area contributed by atoms with Crippen LogP contribution >= 0.6 is 23.5 Å². The van der Waals surface area contributed by atoms with E-state index in [9.17, 15) is 24.5 Å². The van der Waals surface area contributed by atoms with Gasteiger partial charge in [0.25, 0.3) is 5.69 Å². The molecule has 1 aromatic carbocycles. The lowest BCUT2D eigenvalue weighted by atomic mass is 10.2. The lowest BCUT2D eigenvalue weighted by Gasteiger charge is -2.24. The van der Waals surface area contributed by atoms with Crippen LogP contribution in [0, 0.1) is 10.1 Å². The van der Waals surface area contributed by atoms with Crippen LogP contribution in [-0.4, -0.2) is 56.0 Å². The van der Waals surface area contributed by atoms with Gasteiger partial charge in [-0.3, -0.25) is 19.7 Å². The fraction of sp³-hybridized carbons (Fsp3) is 0.526. The molecule has 0 saturated carbocycles. The van der Waals surface area contributed by atoms with Gasteiger partial charge in [0.1, 0.15) is 12.0 Å². The summed E-state index contributed by atoms with van der Waals surface area (Å²) >= 11 is 2.62. The quantitative estimate of drug-likeness (QED) is 0.250. The first kappa shape index (κ1) is 24.0. The Hall–Kier alpha value is -2.27. The van der Waals surface area contributed by atoms with E-state index in [-0.39, 0.29) is 40.1 Å². The first-order chi connectivity index (χ1) is 14.2. The van der Waals surface area contributed by atoms with Crippen molar-refractivity contribution < 1.29 is 28.8 Å². The number of amides is 1. The van der Waals surface area contributed by atoms with E-state index in [4.69, 9.17) is 9.47 Å². The fourth-order valence-electron chi connectivity index (χ4n) is 3.03. The van der Waals surface area contributed by atoms with E-state index in [1.54, 1.807) is 11.8 Å². The summed E-state index contributed by atoms with van der Waals surface area (Å²) in [5.74, 6) is 0.168. The highest BCUT2D eigenvalue weighted by Crippen LogP contribution is 2.31. The molecule has 164 valence electrons. The number of benzene rings is 1. The number of hydrogen-bond acceptors (Lipinski definition) is 9. The van der Waals surface area contributed by atoms with Crippen molar-refractivity contribution in [1.29, 1.82) is 0 Å². The van der Waals surface area contributed by atoms with E-state index in [0.717, 1.165) is 0 Å². The Balaban J connectivity index is 1.96. The van der Waals surface area contributed by atoms with Gasteiger partial charge in [0, 0.05) is 49.6 Å². The molecule has 1 heterocycles. The Morgan fingerprint density at radius 1 is 1.27 bits per heavy atom. The van der Waals surface area contributed by atoms with E-state index >= 15 is 0 Å². The lowest BCUT2D eigenvalue weighted by molar-refractivity contribution is -0.384. The van der Waals surface area contributed by atoms with Crippen LogP contribution in [0.3, 0.4) is 0 Å². The monoisotopic (exact) mass is 456 g/mol. The van der Waals surface area contributed by atoms with Gasteiger partial charge in [0.15, 0.2) is 5.12 Å². The molecule has 1 aromatic rings. The van der Waals surface area contributed by atoms with Gasteiger partial charge in [0.2, 0.25) is 0 Å². The van der Waals surface area contributed by atoms with Gasteiger partial charge < -0.3 is 14.4 Å². The Kier molecular flexibility index (Phi) is 8.97. The van der Waals surface area contributed by atoms with Gasteiger partial charge in [0.05, 0.1) is 4.92 Å². The number of thioether (sulfide) groups is 2. The van der Waals surface area contributed by atoms with E-state index in [1.165, 1.54) is 61.6 Å². The zero-order chi connectivity index (χ0) is 22.3. The summed E-state index contributed by atoms with van der Waals surface area (Å²) in [5.41, 5.74) is 0.255. The highest BCUT2D eigenvalue weighted by molar-refractivity contribution is 8.14. The molecule has 0 spiro atoms. The summed E-state index contributed by atoms with van der Waals surface area (Å²) in [4.78, 5) is 47.0. The van der Waals surface area contributed by atoms with Crippen molar-refractivity contribution in [3.05, 3.63) is 39.9 Å². The summed E-state index contributed by atoms with van der Waals surface area (Å²) in [6.07, 6.45) is 0.127. The zero-order valence-electron chi connectivity index (χ0n) is 16.9. The second kappa shape index (κ2) is 11.2. The normalized spacial score (nSPS) is 19.2. The minimum atomic E-state index is -0.509. The maximum Gasteiger partial charge on any atom is 0.410 e. The van der Waals surface area contributed by atoms with Crippen LogP contribution in [0.1, 0.15) is 32.8 Å². The predicted molar refractivity (Wildman–Crippen MR) is 114 cm³/mol. The van der Waals surface area contributed by atoms with Crippen molar-refractivity contribution in [2.45, 2.75) is 50.5 Å². The molecule has 1 unspecified atom stereocenters. The molecule has 0 radical (unpaired) electrons. The first-order valence-corrected chi connectivity index (χ1v) is 11.2. The average Bonchev–Trinajstić information content (AvgIpc) is 3.06. The van der Waals surface area contributed by atoms with Crippen molar-refractivity contribution in [2.24, 2.45) is 0 Å². The van der Waals surface area contributed by atoms with Crippen molar-refractivity contribution in [3.8, 4) is 0 Å². The van der Waals surface area contributed by atoms with Crippen molar-refractivity contribution in [1.82, 2.24) is 4.90 Å². The third-order valence-electron chi connectivity index (χ3n) is 4.31. The molecule has 3 atom stereocenters. The molecular weight excluding hydrogens is 432 g/mol. The van der Waals surface area contributed by atoms with Gasteiger partial charge in [-0.05, 0) is 31.0 Å². The summed E-state index contributed by atoms with van der Waals surface area (Å²) in [7, 11) is 0. The number of nitro benzene ring substituents is 1. The SMILES string of the molecule is CC(=O)OC(C)SC[C@@H]1C[C@H](SC(C)=O)CN1C(=O)OCc1ccc([N+](=O)[O-])cc1. The van der Waals surface area contributed by atoms with Gasteiger partial charge in [-0.2, -0.15) is 0 Å². The molecule has 1 saturated heterocycles. The number of non-ortho nitro benzene ring substituents is 1. The van der Waals surface area contributed by atoms with E-state index < -0.39 is 11.0 Å². The Labute approximate surface area is 183 Å². The Morgan fingerprint density at radius 3 is 2.50 bits per heavy atom. The second-order valence-electron chi connectivity index (χ2n) is 6.76. The van der Waals surface area contributed by atoms with Crippen LogP contribution in [0.2, 0.25) is 0 Å². The van der Waals surface area contributed by atoms with Gasteiger partial charge in [-0.15, -0.1) is 11.8 Å². The number of hydrogen-bond donors (Lipinski definition) is 0. The minimum absolute atomic E-state index is 0.0123. The van der Waals surface area contributed by atoms with Gasteiger partial charge in [-0.25, -0.2) is 4.79 Å². The van der Waals surface area contributed by atoms with Crippen molar-refractivity contribution >= 4 is 46.4 Å². The molecular formula is C19H24N2O7S2. The number of carbonyl (C=O) groups excluding carboxylic acids is 3. The fourth-order valence-corrected chi connectivity index (χ4v) is 5.07. The van der Waals surface area contributed by atoms with Gasteiger partial charge >= 0.3 is 12.1 Å². The Morgan fingerprint density at radius 2 is 1.93 bits per heavy atom. The average molecular weight is 457 g/mol. The highest BCUT2D eigenvalue weighted by Gasteiger charge is 2.37. The number of rotatable bonds is 8. The van der Waals surface area contributed by atoms with E-state index in [0.29, 0.717) is 24.3 Å². The van der Waals surface area contributed by atoms with Crippen LogP contribution in [-0.2, 0) is 25.7 Å². The van der Waals surface area contributed by atoms with Crippen molar-refractivity contribution in [2.75, 3.05) is 12.3 Å². The highest BCUT2D eigenvalue weighted by atomic mass is 32.2. The van der Waals surface area contributed by atoms with Crippen LogP contribution < -0.4 is 0 Å². The predicted octanol–water partition coefficient (Wildman–Crippen LogP) is 3.60. The molecule has 0 N–H and O–H groups in total. The lowest BCUT2D eigenvalue weighted by Crippen LogP contribution is -2.38. The summed E-state index contributed by atoms with van der Waals surface area (Å²) in [6, 6.07) is 5.63. The molecule has 1 amide bonds.